The van der Waals surface area contributed by atoms with E-state index >= 15 is 0 Å². The Morgan fingerprint density at radius 3 is 2.28 bits per heavy atom. The van der Waals surface area contributed by atoms with Crippen molar-refractivity contribution in [3.63, 3.8) is 0 Å². The predicted molar refractivity (Wildman–Crippen MR) is 142 cm³/mol. The van der Waals surface area contributed by atoms with Crippen LogP contribution in [0.2, 0.25) is 0 Å². The molecule has 0 spiro atoms. The monoisotopic (exact) mass is 539 g/mol. The zero-order valence-electron chi connectivity index (χ0n) is 21.5. The Balaban J connectivity index is 0.000000163. The van der Waals surface area contributed by atoms with Crippen LogP contribution in [0.15, 0.2) is 36.4 Å². The molecule has 0 saturated carbocycles. The molecule has 6 N–H and O–H groups in total. The summed E-state index contributed by atoms with van der Waals surface area (Å²) < 4.78 is 10.00. The molecule has 0 aliphatic carbocycles. The standard InChI is InChI=1S/C9H14N2O4.C8H8BNO3.C8H9BO2/c12-6-11-5-1-2-7(11)9(15)10-4-3-8(13)14;10-8(11)5-1-2-6-4-13-9(12)7(6)3-5;1-6-2-3-7-5-11-9(10)8(7)4-6/h6-7H,1-5H2,(H,10,15)(H,13,14);1-3,12H,4H2,(H2,10,11);2-4,10H,5H2,1H3. The van der Waals surface area contributed by atoms with Gasteiger partial charge in [-0.3, -0.25) is 19.2 Å². The number of primary amides is 1. The molecule has 2 aromatic carbocycles. The molecular weight excluding hydrogens is 508 g/mol. The van der Waals surface area contributed by atoms with Crippen molar-refractivity contribution < 1.29 is 43.6 Å². The molecule has 14 heteroatoms. The first-order valence-electron chi connectivity index (χ1n) is 12.4. The van der Waals surface area contributed by atoms with Crippen LogP contribution in [0.25, 0.3) is 0 Å². The number of fused-ring (bicyclic) bond motifs is 2. The number of carbonyl (C=O) groups excluding carboxylic acids is 3. The molecule has 3 amide bonds. The first-order chi connectivity index (χ1) is 18.6. The van der Waals surface area contributed by atoms with Crippen LogP contribution in [0.4, 0.5) is 0 Å². The number of carboxylic acids is 1. The van der Waals surface area contributed by atoms with Crippen LogP contribution in [0.5, 0.6) is 0 Å². The van der Waals surface area contributed by atoms with Gasteiger partial charge in [0.05, 0.1) is 19.6 Å². The topological polar surface area (TPSA) is 189 Å². The molecule has 206 valence electrons. The lowest BCUT2D eigenvalue weighted by Crippen LogP contribution is -2.43. The maximum atomic E-state index is 11.5. The number of nitrogens with two attached hydrogens (primary N) is 1. The molecule has 0 radical (unpaired) electrons. The number of nitrogens with one attached hydrogen (secondary N) is 1. The Labute approximate surface area is 226 Å². The summed E-state index contributed by atoms with van der Waals surface area (Å²) in [4.78, 5) is 44.5. The SMILES string of the molecule is Cc1ccc2c(c1)B(O)OC2.NC(=O)c1ccc2c(c1)B(O)OC2.O=CN1CCCC1C(=O)NCCC(=O)O. The van der Waals surface area contributed by atoms with E-state index in [0.717, 1.165) is 28.6 Å². The van der Waals surface area contributed by atoms with Crippen LogP contribution in [-0.4, -0.2) is 77.6 Å². The van der Waals surface area contributed by atoms with Gasteiger partial charge >= 0.3 is 20.2 Å². The van der Waals surface area contributed by atoms with Gasteiger partial charge in [-0.25, -0.2) is 0 Å². The lowest BCUT2D eigenvalue weighted by molar-refractivity contribution is -0.137. The minimum Gasteiger partial charge on any atom is -0.481 e. The molecule has 3 aliphatic rings. The van der Waals surface area contributed by atoms with Crippen molar-refractivity contribution in [1.29, 1.82) is 0 Å². The number of carboxylic acid groups (broad SMARTS) is 1. The molecule has 3 aliphatic heterocycles. The number of nitrogens with zero attached hydrogens (tertiary/aromatic N) is 1. The fraction of sp³-hybridized carbons (Fsp3) is 0.360. The summed E-state index contributed by atoms with van der Waals surface area (Å²) in [6.07, 6.45) is 2.03. The van der Waals surface area contributed by atoms with Gasteiger partial charge in [0.15, 0.2) is 0 Å². The molecule has 3 heterocycles. The van der Waals surface area contributed by atoms with E-state index in [1.165, 1.54) is 4.90 Å². The number of hydrogen-bond donors (Lipinski definition) is 5. The Hall–Kier alpha value is -3.71. The maximum absolute atomic E-state index is 11.5. The van der Waals surface area contributed by atoms with Gasteiger partial charge in [0.25, 0.3) is 0 Å². The summed E-state index contributed by atoms with van der Waals surface area (Å²) in [6, 6.07) is 10.5. The molecule has 1 saturated heterocycles. The van der Waals surface area contributed by atoms with Crippen LogP contribution in [-0.2, 0) is 36.9 Å². The van der Waals surface area contributed by atoms with E-state index < -0.39 is 32.2 Å². The smallest absolute Gasteiger partial charge is 0.481 e. The van der Waals surface area contributed by atoms with Crippen molar-refractivity contribution in [2.45, 2.75) is 45.4 Å². The van der Waals surface area contributed by atoms with Crippen molar-refractivity contribution in [3.05, 3.63) is 58.7 Å². The summed E-state index contributed by atoms with van der Waals surface area (Å²) in [5.74, 6) is -1.71. The Kier molecular flexibility index (Phi) is 10.6. The highest BCUT2D eigenvalue weighted by Gasteiger charge is 2.29. The van der Waals surface area contributed by atoms with E-state index in [0.29, 0.717) is 43.6 Å². The highest BCUT2D eigenvalue weighted by atomic mass is 16.5. The molecule has 0 aromatic heterocycles. The van der Waals surface area contributed by atoms with Gasteiger partial charge in [-0.05, 0) is 54.0 Å². The van der Waals surface area contributed by atoms with Gasteiger partial charge in [0.2, 0.25) is 18.2 Å². The highest BCUT2D eigenvalue weighted by Crippen LogP contribution is 2.15. The van der Waals surface area contributed by atoms with Crippen molar-refractivity contribution in [2.24, 2.45) is 5.73 Å². The zero-order chi connectivity index (χ0) is 28.5. The summed E-state index contributed by atoms with van der Waals surface area (Å²) in [5, 5.41) is 29.5. The molecular formula is C25H31B2N3O9. The number of aryl methyl sites for hydroxylation is 1. The lowest BCUT2D eigenvalue weighted by atomic mass is 9.79. The molecule has 0 bridgehead atoms. The third-order valence-electron chi connectivity index (χ3n) is 6.43. The minimum atomic E-state index is -0.950. The molecule has 12 nitrogen and oxygen atoms in total. The zero-order valence-corrected chi connectivity index (χ0v) is 21.5. The van der Waals surface area contributed by atoms with E-state index in [4.69, 9.17) is 20.1 Å². The molecule has 1 atom stereocenters. The average Bonchev–Trinajstić information content (AvgIpc) is 3.63. The fourth-order valence-electron chi connectivity index (χ4n) is 4.31. The van der Waals surface area contributed by atoms with E-state index in [2.05, 4.69) is 5.32 Å². The number of carbonyl (C=O) groups is 4. The molecule has 1 unspecified atom stereocenters. The molecule has 1 fully saturated rings. The van der Waals surface area contributed by atoms with Gasteiger partial charge in [0, 0.05) is 18.7 Å². The predicted octanol–water partition coefficient (Wildman–Crippen LogP) is -1.59. The second-order valence-corrected chi connectivity index (χ2v) is 9.24. The van der Waals surface area contributed by atoms with E-state index in [-0.39, 0.29) is 18.9 Å². The second kappa shape index (κ2) is 13.9. The average molecular weight is 539 g/mol. The summed E-state index contributed by atoms with van der Waals surface area (Å²) in [7, 11) is -1.63. The van der Waals surface area contributed by atoms with Crippen LogP contribution in [0, 0.1) is 6.92 Å². The Morgan fingerprint density at radius 2 is 1.69 bits per heavy atom. The number of hydrogen-bond acceptors (Lipinski definition) is 8. The van der Waals surface area contributed by atoms with Crippen molar-refractivity contribution in [1.82, 2.24) is 10.2 Å². The summed E-state index contributed by atoms with van der Waals surface area (Å²) in [5.41, 5.74) is 10.2. The normalized spacial score (nSPS) is 16.8. The van der Waals surface area contributed by atoms with Gasteiger partial charge in [0.1, 0.15) is 6.04 Å². The lowest BCUT2D eigenvalue weighted by Gasteiger charge is -2.18. The number of benzene rings is 2. The number of aliphatic carboxylic acids is 1. The fourth-order valence-corrected chi connectivity index (χ4v) is 4.31. The van der Waals surface area contributed by atoms with E-state index in [9.17, 15) is 29.2 Å². The van der Waals surface area contributed by atoms with Gasteiger partial charge < -0.3 is 40.4 Å². The quantitative estimate of drug-likeness (QED) is 0.213. The third kappa shape index (κ3) is 8.14. The Morgan fingerprint density at radius 1 is 1.08 bits per heavy atom. The van der Waals surface area contributed by atoms with E-state index in [1.807, 2.05) is 25.1 Å². The van der Waals surface area contributed by atoms with Gasteiger partial charge in [-0.15, -0.1) is 0 Å². The summed E-state index contributed by atoms with van der Waals surface area (Å²) in [6.45, 7) is 3.63. The minimum absolute atomic E-state index is 0.0977. The highest BCUT2D eigenvalue weighted by molar-refractivity contribution is 6.62. The summed E-state index contributed by atoms with van der Waals surface area (Å²) >= 11 is 0. The first-order valence-corrected chi connectivity index (χ1v) is 12.4. The first kappa shape index (κ1) is 29.8. The van der Waals surface area contributed by atoms with Crippen LogP contribution in [0.1, 0.15) is 46.3 Å². The number of likely N-dealkylation sites (tertiary alicyclic amines) is 1. The van der Waals surface area contributed by atoms with Gasteiger partial charge in [-0.2, -0.15) is 0 Å². The van der Waals surface area contributed by atoms with Crippen LogP contribution < -0.4 is 22.0 Å². The van der Waals surface area contributed by atoms with Gasteiger partial charge in [-0.1, -0.05) is 29.8 Å². The van der Waals surface area contributed by atoms with Crippen molar-refractivity contribution in [3.8, 4) is 0 Å². The number of amides is 3. The second-order valence-electron chi connectivity index (χ2n) is 9.24. The van der Waals surface area contributed by atoms with E-state index in [1.54, 1.807) is 18.2 Å². The Bertz CT molecular complexity index is 1210. The third-order valence-corrected chi connectivity index (χ3v) is 6.43. The maximum Gasteiger partial charge on any atom is 0.491 e. The van der Waals surface area contributed by atoms with Crippen molar-refractivity contribution in [2.75, 3.05) is 13.1 Å². The van der Waals surface area contributed by atoms with Crippen LogP contribution in [0.3, 0.4) is 0 Å². The van der Waals surface area contributed by atoms with Crippen LogP contribution >= 0.6 is 0 Å². The molecule has 2 aromatic rings. The largest absolute Gasteiger partial charge is 0.491 e. The number of rotatable bonds is 6. The van der Waals surface area contributed by atoms with Crippen molar-refractivity contribution >= 4 is 49.4 Å². The molecule has 5 rings (SSSR count). The molecule has 39 heavy (non-hydrogen) atoms.